The highest BCUT2D eigenvalue weighted by Crippen LogP contribution is 2.22. The van der Waals surface area contributed by atoms with Gasteiger partial charge in [0.05, 0.1) is 4.88 Å². The van der Waals surface area contributed by atoms with Crippen molar-refractivity contribution in [3.8, 4) is 5.75 Å². The topological polar surface area (TPSA) is 29.5 Å². The van der Waals surface area contributed by atoms with Gasteiger partial charge in [-0.1, -0.05) is 18.2 Å². The number of likely N-dealkylation sites (tertiary alicyclic amines) is 1. The highest BCUT2D eigenvalue weighted by atomic mass is 32.1. The van der Waals surface area contributed by atoms with E-state index in [9.17, 15) is 4.79 Å². The van der Waals surface area contributed by atoms with Gasteiger partial charge in [0.25, 0.3) is 5.91 Å². The van der Waals surface area contributed by atoms with E-state index in [2.05, 4.69) is 0 Å². The lowest BCUT2D eigenvalue weighted by molar-refractivity contribution is 0.0797. The van der Waals surface area contributed by atoms with Gasteiger partial charge < -0.3 is 9.64 Å². The first kappa shape index (κ1) is 14.1. The molecule has 0 spiro atoms. The molecule has 21 heavy (non-hydrogen) atoms. The van der Waals surface area contributed by atoms with E-state index >= 15 is 0 Å². The molecule has 1 amide bonds. The Morgan fingerprint density at radius 1 is 1.29 bits per heavy atom. The Kier molecular flexibility index (Phi) is 4.25. The van der Waals surface area contributed by atoms with Gasteiger partial charge in [-0.3, -0.25) is 4.79 Å². The SMILES string of the molecule is Cc1ccccc1OCc1csc(C(=O)N2CCCC2)c1. The predicted octanol–water partition coefficient (Wildman–Crippen LogP) is 3.87. The Balaban J connectivity index is 1.62. The van der Waals surface area contributed by atoms with E-state index in [4.69, 9.17) is 4.74 Å². The summed E-state index contributed by atoms with van der Waals surface area (Å²) >= 11 is 1.51. The van der Waals surface area contributed by atoms with Crippen molar-refractivity contribution in [1.29, 1.82) is 0 Å². The van der Waals surface area contributed by atoms with Crippen LogP contribution in [0.3, 0.4) is 0 Å². The third-order valence-electron chi connectivity index (χ3n) is 3.75. The van der Waals surface area contributed by atoms with E-state index < -0.39 is 0 Å². The molecule has 1 saturated heterocycles. The molecule has 4 heteroatoms. The maximum atomic E-state index is 12.3. The van der Waals surface area contributed by atoms with Crippen LogP contribution in [0.2, 0.25) is 0 Å². The van der Waals surface area contributed by atoms with Crippen LogP contribution < -0.4 is 4.74 Å². The third-order valence-corrected chi connectivity index (χ3v) is 4.71. The number of hydrogen-bond acceptors (Lipinski definition) is 3. The van der Waals surface area contributed by atoms with Gasteiger partial charge in [-0.15, -0.1) is 11.3 Å². The molecule has 1 aromatic carbocycles. The van der Waals surface area contributed by atoms with Gasteiger partial charge in [0, 0.05) is 18.7 Å². The summed E-state index contributed by atoms with van der Waals surface area (Å²) in [4.78, 5) is 15.0. The number of carbonyl (C=O) groups excluding carboxylic acids is 1. The predicted molar refractivity (Wildman–Crippen MR) is 85.0 cm³/mol. The van der Waals surface area contributed by atoms with Crippen molar-refractivity contribution < 1.29 is 9.53 Å². The number of thiophene rings is 1. The van der Waals surface area contributed by atoms with Crippen molar-refractivity contribution in [3.63, 3.8) is 0 Å². The number of benzene rings is 1. The van der Waals surface area contributed by atoms with Crippen molar-refractivity contribution in [3.05, 3.63) is 51.7 Å². The number of amides is 1. The van der Waals surface area contributed by atoms with Crippen LogP contribution in [-0.4, -0.2) is 23.9 Å². The normalized spacial score (nSPS) is 14.4. The lowest BCUT2D eigenvalue weighted by Crippen LogP contribution is -2.26. The lowest BCUT2D eigenvalue weighted by atomic mass is 10.2. The summed E-state index contributed by atoms with van der Waals surface area (Å²) in [6.07, 6.45) is 2.25. The second-order valence-electron chi connectivity index (χ2n) is 5.37. The molecule has 2 aromatic rings. The molecule has 0 saturated carbocycles. The van der Waals surface area contributed by atoms with Gasteiger partial charge in [-0.2, -0.15) is 0 Å². The van der Waals surface area contributed by atoms with E-state index in [1.54, 1.807) is 0 Å². The summed E-state index contributed by atoms with van der Waals surface area (Å²) in [5, 5.41) is 2.02. The minimum absolute atomic E-state index is 0.166. The fourth-order valence-electron chi connectivity index (χ4n) is 2.52. The first-order valence-electron chi connectivity index (χ1n) is 7.29. The lowest BCUT2D eigenvalue weighted by Gasteiger charge is -2.13. The second-order valence-corrected chi connectivity index (χ2v) is 6.28. The number of rotatable bonds is 4. The van der Waals surface area contributed by atoms with Crippen LogP contribution in [0.4, 0.5) is 0 Å². The smallest absolute Gasteiger partial charge is 0.263 e. The summed E-state index contributed by atoms with van der Waals surface area (Å²) in [5.41, 5.74) is 2.19. The Labute approximate surface area is 129 Å². The van der Waals surface area contributed by atoms with Crippen LogP contribution >= 0.6 is 11.3 Å². The first-order valence-corrected chi connectivity index (χ1v) is 8.17. The first-order chi connectivity index (χ1) is 10.2. The standard InChI is InChI=1S/C17H19NO2S/c1-13-6-2-3-7-15(13)20-11-14-10-16(21-12-14)17(19)18-8-4-5-9-18/h2-3,6-7,10,12H,4-5,8-9,11H2,1H3. The molecule has 0 bridgehead atoms. The van der Waals surface area contributed by atoms with Crippen LogP contribution in [-0.2, 0) is 6.61 Å². The van der Waals surface area contributed by atoms with E-state index in [1.165, 1.54) is 11.3 Å². The number of para-hydroxylation sites is 1. The van der Waals surface area contributed by atoms with E-state index in [0.29, 0.717) is 6.61 Å². The van der Waals surface area contributed by atoms with Gasteiger partial charge >= 0.3 is 0 Å². The molecule has 0 aliphatic carbocycles. The fraction of sp³-hybridized carbons (Fsp3) is 0.353. The minimum Gasteiger partial charge on any atom is -0.489 e. The van der Waals surface area contributed by atoms with E-state index in [1.807, 2.05) is 47.5 Å². The van der Waals surface area contributed by atoms with Gasteiger partial charge in [-0.05, 0) is 42.8 Å². The van der Waals surface area contributed by atoms with Crippen molar-refractivity contribution in [2.75, 3.05) is 13.1 Å². The summed E-state index contributed by atoms with van der Waals surface area (Å²) < 4.78 is 5.82. The van der Waals surface area contributed by atoms with Gasteiger partial charge in [0.15, 0.2) is 0 Å². The molecule has 0 radical (unpaired) electrons. The molecule has 1 aliphatic heterocycles. The number of hydrogen-bond donors (Lipinski definition) is 0. The van der Waals surface area contributed by atoms with Crippen LogP contribution in [0.15, 0.2) is 35.7 Å². The Bertz CT molecular complexity index is 629. The van der Waals surface area contributed by atoms with Crippen molar-refractivity contribution in [2.45, 2.75) is 26.4 Å². The molecular formula is C17H19NO2S. The fourth-order valence-corrected chi connectivity index (χ4v) is 3.38. The zero-order chi connectivity index (χ0) is 14.7. The second kappa shape index (κ2) is 6.31. The van der Waals surface area contributed by atoms with E-state index in [0.717, 1.165) is 47.7 Å². The highest BCUT2D eigenvalue weighted by Gasteiger charge is 2.20. The monoisotopic (exact) mass is 301 g/mol. The van der Waals surface area contributed by atoms with Gasteiger partial charge in [-0.25, -0.2) is 0 Å². The average Bonchev–Trinajstić information content (AvgIpc) is 3.17. The quantitative estimate of drug-likeness (QED) is 0.858. The number of nitrogens with zero attached hydrogens (tertiary/aromatic N) is 1. The average molecular weight is 301 g/mol. The number of aryl methyl sites for hydroxylation is 1. The largest absolute Gasteiger partial charge is 0.489 e. The van der Waals surface area contributed by atoms with Gasteiger partial charge in [0.1, 0.15) is 12.4 Å². The Hall–Kier alpha value is -1.81. The highest BCUT2D eigenvalue weighted by molar-refractivity contribution is 7.12. The van der Waals surface area contributed by atoms with Crippen molar-refractivity contribution in [2.24, 2.45) is 0 Å². The Morgan fingerprint density at radius 3 is 2.81 bits per heavy atom. The molecule has 1 aliphatic rings. The molecule has 2 heterocycles. The maximum Gasteiger partial charge on any atom is 0.263 e. The molecule has 0 atom stereocenters. The van der Waals surface area contributed by atoms with E-state index in [-0.39, 0.29) is 5.91 Å². The minimum atomic E-state index is 0.166. The Morgan fingerprint density at radius 2 is 2.05 bits per heavy atom. The molecule has 1 aromatic heterocycles. The molecule has 0 unspecified atom stereocenters. The van der Waals surface area contributed by atoms with Crippen LogP contribution in [0.5, 0.6) is 5.75 Å². The molecular weight excluding hydrogens is 282 g/mol. The molecule has 0 N–H and O–H groups in total. The maximum absolute atomic E-state index is 12.3. The summed E-state index contributed by atoms with van der Waals surface area (Å²) in [5.74, 6) is 1.07. The summed E-state index contributed by atoms with van der Waals surface area (Å²) in [7, 11) is 0. The number of ether oxygens (including phenoxy) is 1. The van der Waals surface area contributed by atoms with Crippen molar-refractivity contribution >= 4 is 17.2 Å². The van der Waals surface area contributed by atoms with Crippen LogP contribution in [0.1, 0.15) is 33.6 Å². The molecule has 3 rings (SSSR count). The third kappa shape index (κ3) is 3.27. The molecule has 1 fully saturated rings. The molecule has 3 nitrogen and oxygen atoms in total. The zero-order valence-electron chi connectivity index (χ0n) is 12.2. The summed E-state index contributed by atoms with van der Waals surface area (Å²) in [6, 6.07) is 9.94. The van der Waals surface area contributed by atoms with Crippen LogP contribution in [0, 0.1) is 6.92 Å². The van der Waals surface area contributed by atoms with Crippen LogP contribution in [0.25, 0.3) is 0 Å². The van der Waals surface area contributed by atoms with Crippen molar-refractivity contribution in [1.82, 2.24) is 4.90 Å². The molecule has 110 valence electrons. The summed E-state index contributed by atoms with van der Waals surface area (Å²) in [6.45, 7) is 4.33. The van der Waals surface area contributed by atoms with Gasteiger partial charge in [0.2, 0.25) is 0 Å². The zero-order valence-corrected chi connectivity index (χ0v) is 13.0. The number of carbonyl (C=O) groups is 1.